The van der Waals surface area contributed by atoms with Crippen LogP contribution in [0.1, 0.15) is 54.1 Å². The number of ether oxygens (including phenoxy) is 2. The molecule has 2 saturated heterocycles. The van der Waals surface area contributed by atoms with Crippen molar-refractivity contribution >= 4 is 49.0 Å². The second-order valence-electron chi connectivity index (χ2n) is 14.8. The van der Waals surface area contributed by atoms with Gasteiger partial charge < -0.3 is 25.8 Å². The van der Waals surface area contributed by atoms with Gasteiger partial charge in [0, 0.05) is 47.6 Å². The van der Waals surface area contributed by atoms with E-state index >= 15 is 22.0 Å². The average Bonchev–Trinajstić information content (AvgIpc) is 3.82. The van der Waals surface area contributed by atoms with Gasteiger partial charge in [-0.1, -0.05) is 12.1 Å². The predicted octanol–water partition coefficient (Wildman–Crippen LogP) is 7.56. The number of aromatic nitrogens is 5. The van der Waals surface area contributed by atoms with Gasteiger partial charge in [-0.3, -0.25) is 4.90 Å². The van der Waals surface area contributed by atoms with Gasteiger partial charge >= 0.3 is 12.2 Å². The number of halogens is 6. The van der Waals surface area contributed by atoms with Crippen LogP contribution in [0.15, 0.2) is 49.1 Å². The summed E-state index contributed by atoms with van der Waals surface area (Å²) in [5.74, 6) is -3.05. The van der Waals surface area contributed by atoms with E-state index in [-0.39, 0.29) is 77.4 Å². The fourth-order valence-electron chi connectivity index (χ4n) is 8.96. The Hall–Kier alpha value is -6.00. The van der Waals surface area contributed by atoms with Crippen molar-refractivity contribution in [3.05, 3.63) is 83.1 Å². The predicted molar refractivity (Wildman–Crippen MR) is 208 cm³/mol. The Bertz CT molecular complexity index is 2660. The number of nitriles is 1. The summed E-state index contributed by atoms with van der Waals surface area (Å²) in [6.45, 7) is 0.402. The zero-order valence-corrected chi connectivity index (χ0v) is 31.9. The molecule has 304 valence electrons. The van der Waals surface area contributed by atoms with Crippen molar-refractivity contribution in [3.8, 4) is 29.0 Å². The quantitative estimate of drug-likeness (QED) is 0.138. The average molecular weight is 833 g/mol. The number of thiophene rings is 1. The lowest BCUT2D eigenvalue weighted by molar-refractivity contribution is -0.138. The third kappa shape index (κ3) is 6.54. The Balaban J connectivity index is 1.31. The number of hydrogen-bond donors (Lipinski definition) is 2. The molecule has 0 spiro atoms. The highest BCUT2D eigenvalue weighted by Crippen LogP contribution is 2.54. The number of nitrogen functional groups attached to an aromatic ring is 2. The minimum Gasteiger partial charge on any atom is -0.490 e. The number of hydrogen-bond acceptors (Lipinski definition) is 13. The number of rotatable bonds is 9. The molecule has 2 aromatic carbocycles. The van der Waals surface area contributed by atoms with Crippen molar-refractivity contribution in [3.63, 3.8) is 0 Å². The van der Waals surface area contributed by atoms with E-state index in [1.165, 1.54) is 12.5 Å². The fourth-order valence-corrected chi connectivity index (χ4v) is 9.91. The van der Waals surface area contributed by atoms with E-state index in [4.69, 9.17) is 25.9 Å². The molecule has 0 amide bonds. The van der Waals surface area contributed by atoms with E-state index in [0.717, 1.165) is 18.6 Å². The minimum atomic E-state index is -5.27. The molecule has 3 atom stereocenters. The Morgan fingerprint density at radius 3 is 2.69 bits per heavy atom. The second-order valence-corrected chi connectivity index (χ2v) is 15.9. The van der Waals surface area contributed by atoms with Gasteiger partial charge in [-0.25, -0.2) is 28.1 Å². The fraction of sp³-hybridized carbons (Fsp3) is 0.350. The molecule has 4 N–H and O–H groups in total. The molecule has 59 heavy (non-hydrogen) atoms. The van der Waals surface area contributed by atoms with Crippen molar-refractivity contribution in [2.75, 3.05) is 49.2 Å². The summed E-state index contributed by atoms with van der Waals surface area (Å²) in [4.78, 5) is 25.4. The molecular formula is C40H34F6N10O2S. The summed E-state index contributed by atoms with van der Waals surface area (Å²) < 4.78 is 107. The third-order valence-corrected chi connectivity index (χ3v) is 12.5. The maximum atomic E-state index is 17.7. The highest BCUT2D eigenvalue weighted by molar-refractivity contribution is 7.23. The Morgan fingerprint density at radius 1 is 1.08 bits per heavy atom. The summed E-state index contributed by atoms with van der Waals surface area (Å²) in [7, 11) is 0. The Kier molecular flexibility index (Phi) is 9.58. The molecule has 9 rings (SSSR count). The first-order chi connectivity index (χ1) is 28.4. The first-order valence-corrected chi connectivity index (χ1v) is 19.6. The van der Waals surface area contributed by atoms with Crippen LogP contribution in [0.25, 0.3) is 32.1 Å². The second kappa shape index (κ2) is 14.7. The van der Waals surface area contributed by atoms with Crippen molar-refractivity contribution in [2.24, 2.45) is 0 Å². The zero-order valence-electron chi connectivity index (χ0n) is 31.1. The zero-order chi connectivity index (χ0) is 41.2. The lowest BCUT2D eigenvalue weighted by atomic mass is 9.91. The number of aryl methyl sites for hydroxylation is 1. The first kappa shape index (κ1) is 38.5. The highest BCUT2D eigenvalue weighted by atomic mass is 32.1. The van der Waals surface area contributed by atoms with E-state index in [2.05, 4.69) is 19.9 Å². The van der Waals surface area contributed by atoms with Crippen LogP contribution in [-0.4, -0.2) is 74.4 Å². The lowest BCUT2D eigenvalue weighted by Gasteiger charge is -2.33. The van der Waals surface area contributed by atoms with E-state index in [9.17, 15) is 9.65 Å². The third-order valence-electron chi connectivity index (χ3n) is 11.5. The van der Waals surface area contributed by atoms with Crippen LogP contribution in [0.4, 0.5) is 43.0 Å². The van der Waals surface area contributed by atoms with Crippen LogP contribution in [-0.2, 0) is 12.6 Å². The van der Waals surface area contributed by atoms with E-state index in [0.29, 0.717) is 42.0 Å². The number of alkyl halides is 4. The Labute approximate surface area is 336 Å². The number of nitrogens with two attached hydrogens (primary N) is 2. The molecule has 3 aliphatic heterocycles. The number of anilines is 3. The largest absolute Gasteiger partial charge is 0.490 e. The molecule has 0 bridgehead atoms. The van der Waals surface area contributed by atoms with Gasteiger partial charge in [-0.2, -0.15) is 28.4 Å². The van der Waals surface area contributed by atoms with Crippen LogP contribution < -0.4 is 25.8 Å². The van der Waals surface area contributed by atoms with Gasteiger partial charge in [0.2, 0.25) is 0 Å². The summed E-state index contributed by atoms with van der Waals surface area (Å²) >= 11 is 0.661. The number of benzene rings is 2. The maximum absolute atomic E-state index is 17.7. The molecule has 2 fully saturated rings. The molecule has 4 aromatic heterocycles. The molecule has 12 nitrogen and oxygen atoms in total. The summed E-state index contributed by atoms with van der Waals surface area (Å²) in [5, 5.41) is 9.19. The number of fused-ring (bicyclic) bond motifs is 2. The summed E-state index contributed by atoms with van der Waals surface area (Å²) in [6, 6.07) is 7.76. The van der Waals surface area contributed by atoms with E-state index in [1.807, 2.05) is 11.0 Å². The number of pyridine rings is 1. The van der Waals surface area contributed by atoms with Crippen LogP contribution in [0.5, 0.6) is 11.8 Å². The van der Waals surface area contributed by atoms with Crippen molar-refractivity contribution in [1.29, 1.82) is 5.26 Å². The highest BCUT2D eigenvalue weighted by Gasteiger charge is 2.50. The molecule has 7 heterocycles. The van der Waals surface area contributed by atoms with Crippen LogP contribution >= 0.6 is 11.3 Å². The van der Waals surface area contributed by atoms with Crippen LogP contribution in [0.2, 0.25) is 0 Å². The van der Waals surface area contributed by atoms with E-state index in [1.54, 1.807) is 29.3 Å². The van der Waals surface area contributed by atoms with Crippen molar-refractivity contribution in [1.82, 2.24) is 29.8 Å². The topological polar surface area (TPSA) is 165 Å². The number of nitrogens with zero attached hydrogens (tertiary/aromatic N) is 8. The van der Waals surface area contributed by atoms with Gasteiger partial charge in [0.1, 0.15) is 71.1 Å². The summed E-state index contributed by atoms with van der Waals surface area (Å²) in [6.07, 6.45) is 0.403. The van der Waals surface area contributed by atoms with Gasteiger partial charge in [-0.15, -0.1) is 11.3 Å². The molecule has 0 unspecified atom stereocenters. The maximum Gasteiger partial charge on any atom is 0.420 e. The molecule has 0 saturated carbocycles. The molecular weight excluding hydrogens is 799 g/mol. The summed E-state index contributed by atoms with van der Waals surface area (Å²) in [5.41, 5.74) is 9.15. The Morgan fingerprint density at radius 2 is 1.93 bits per heavy atom. The molecule has 0 aliphatic carbocycles. The standard InChI is InChI=1S/C40H34F6N10O2S/c41-20-15-39(9-2-12-55(39)17-20)18-58-38-53-32-29-33(30(40(44,45)46)28(31(32)43)23-5-6-25(42)34-27(23)24(16-47)36(49)59-34)57-14-13-56(37(29)54-38)26(22-3-1-10-51-35(22)48)7-4-21-8-11-50-19-52-21/h1,3,5-6,8,10-11,19-20,26H,2,4,7,9,12-15,17-18,49H2,(H2,48,51)/t20-,26-,39+/m1/s1. The molecule has 3 aliphatic rings. The lowest BCUT2D eigenvalue weighted by Crippen LogP contribution is -2.43. The van der Waals surface area contributed by atoms with Crippen molar-refractivity contribution < 1.29 is 35.8 Å². The minimum absolute atomic E-state index is 0.0676. The SMILES string of the molecule is N#Cc1c(N)sc2c(F)ccc(-c3c(C(F)(F)F)c4c5c(nc(OC[C@@]67CCCN6C[C@H](F)C7)nc5c3F)N([C@H](CCc3ccncn3)c3cccnc3N)CCO4)c12. The molecule has 6 aromatic rings. The van der Waals surface area contributed by atoms with Gasteiger partial charge in [-0.05, 0) is 56.0 Å². The molecule has 0 radical (unpaired) electrons. The smallest absolute Gasteiger partial charge is 0.420 e. The van der Waals surface area contributed by atoms with Crippen molar-refractivity contribution in [2.45, 2.75) is 56.0 Å². The molecule has 19 heteroatoms. The van der Waals surface area contributed by atoms with Gasteiger partial charge in [0.05, 0.1) is 33.8 Å². The normalized spacial score (nSPS) is 19.7. The van der Waals surface area contributed by atoms with Crippen LogP contribution in [0.3, 0.4) is 0 Å². The van der Waals surface area contributed by atoms with E-state index < -0.39 is 68.9 Å². The monoisotopic (exact) mass is 832 g/mol. The van der Waals surface area contributed by atoms with Gasteiger partial charge in [0.25, 0.3) is 0 Å². The first-order valence-electron chi connectivity index (χ1n) is 18.8. The van der Waals surface area contributed by atoms with Crippen LogP contribution in [0, 0.1) is 23.0 Å². The van der Waals surface area contributed by atoms with Gasteiger partial charge in [0.15, 0.2) is 5.82 Å².